The van der Waals surface area contributed by atoms with Crippen LogP contribution in [0.25, 0.3) is 0 Å². The summed E-state index contributed by atoms with van der Waals surface area (Å²) in [4.78, 5) is 25.3. The smallest absolute Gasteiger partial charge is 0.329 e. The number of carbonyl (C=O) groups is 2. The molecular formula is C13H18N2O4. The van der Waals surface area contributed by atoms with E-state index in [1.54, 1.807) is 19.1 Å². The van der Waals surface area contributed by atoms with Crippen LogP contribution >= 0.6 is 0 Å². The number of nitrogens with zero attached hydrogens (tertiary/aromatic N) is 1. The van der Waals surface area contributed by atoms with Gasteiger partial charge in [0.1, 0.15) is 11.3 Å². The van der Waals surface area contributed by atoms with E-state index in [2.05, 4.69) is 0 Å². The number of amides is 1. The largest absolute Gasteiger partial charge is 0.479 e. The first kappa shape index (κ1) is 13.6. The van der Waals surface area contributed by atoms with Crippen molar-refractivity contribution in [1.82, 2.24) is 4.90 Å². The van der Waals surface area contributed by atoms with E-state index in [4.69, 9.17) is 10.2 Å². The van der Waals surface area contributed by atoms with Crippen LogP contribution in [0.1, 0.15) is 42.5 Å². The van der Waals surface area contributed by atoms with Gasteiger partial charge in [-0.2, -0.15) is 0 Å². The maximum Gasteiger partial charge on any atom is 0.329 e. The molecule has 1 saturated heterocycles. The van der Waals surface area contributed by atoms with Crippen molar-refractivity contribution in [3.63, 3.8) is 0 Å². The Labute approximate surface area is 111 Å². The van der Waals surface area contributed by atoms with Crippen molar-refractivity contribution >= 4 is 11.9 Å². The lowest BCUT2D eigenvalue weighted by Gasteiger charge is -2.33. The number of rotatable bonds is 4. The van der Waals surface area contributed by atoms with Gasteiger partial charge in [-0.05, 0) is 31.4 Å². The highest BCUT2D eigenvalue weighted by Gasteiger charge is 2.49. The molecule has 0 bridgehead atoms. The van der Waals surface area contributed by atoms with Crippen LogP contribution < -0.4 is 5.73 Å². The molecule has 6 nitrogen and oxygen atoms in total. The molecule has 104 valence electrons. The highest BCUT2D eigenvalue weighted by atomic mass is 16.4. The molecule has 1 atom stereocenters. The topological polar surface area (TPSA) is 96.8 Å². The fraction of sp³-hybridized carbons (Fsp3) is 0.538. The second-order valence-corrected chi connectivity index (χ2v) is 4.72. The second-order valence-electron chi connectivity index (χ2n) is 4.72. The van der Waals surface area contributed by atoms with E-state index in [9.17, 15) is 14.7 Å². The van der Waals surface area contributed by atoms with E-state index >= 15 is 0 Å². The van der Waals surface area contributed by atoms with Crippen molar-refractivity contribution in [2.45, 2.75) is 38.3 Å². The molecule has 1 unspecified atom stereocenters. The molecule has 0 radical (unpaired) electrons. The van der Waals surface area contributed by atoms with Gasteiger partial charge in [-0.1, -0.05) is 6.92 Å². The second kappa shape index (κ2) is 5.05. The highest BCUT2D eigenvalue weighted by Crippen LogP contribution is 2.34. The third-order valence-electron chi connectivity index (χ3n) is 3.79. The van der Waals surface area contributed by atoms with Gasteiger partial charge in [-0.25, -0.2) is 4.79 Å². The normalized spacial score (nSPS) is 22.7. The van der Waals surface area contributed by atoms with Crippen molar-refractivity contribution < 1.29 is 19.1 Å². The van der Waals surface area contributed by atoms with Crippen LogP contribution in [-0.2, 0) is 11.3 Å². The monoisotopic (exact) mass is 266 g/mol. The molecule has 1 aromatic rings. The van der Waals surface area contributed by atoms with Crippen LogP contribution in [0.2, 0.25) is 0 Å². The van der Waals surface area contributed by atoms with E-state index in [-0.39, 0.29) is 18.2 Å². The average Bonchev–Trinajstić information content (AvgIpc) is 3.04. The first-order valence-electron chi connectivity index (χ1n) is 6.39. The summed E-state index contributed by atoms with van der Waals surface area (Å²) in [6.07, 6.45) is 1.56. The lowest BCUT2D eigenvalue weighted by Crippen LogP contribution is -2.52. The molecule has 1 amide bonds. The number of carbonyl (C=O) groups excluding carboxylic acids is 1. The molecule has 2 heterocycles. The average molecular weight is 266 g/mol. The maximum absolute atomic E-state index is 12.4. The number of carboxylic acids is 1. The fourth-order valence-electron chi connectivity index (χ4n) is 2.65. The summed E-state index contributed by atoms with van der Waals surface area (Å²) in [7, 11) is 0. The van der Waals surface area contributed by atoms with Gasteiger partial charge in [-0.3, -0.25) is 4.79 Å². The van der Waals surface area contributed by atoms with Crippen molar-refractivity contribution in [1.29, 1.82) is 0 Å². The minimum Gasteiger partial charge on any atom is -0.479 e. The van der Waals surface area contributed by atoms with Crippen LogP contribution in [0.4, 0.5) is 0 Å². The van der Waals surface area contributed by atoms with Gasteiger partial charge < -0.3 is 20.2 Å². The molecule has 1 fully saturated rings. The summed E-state index contributed by atoms with van der Waals surface area (Å²) in [5.41, 5.74) is 4.33. The van der Waals surface area contributed by atoms with Crippen LogP contribution in [0, 0.1) is 0 Å². The molecular weight excluding hydrogens is 248 g/mol. The van der Waals surface area contributed by atoms with Gasteiger partial charge in [-0.15, -0.1) is 0 Å². The van der Waals surface area contributed by atoms with Gasteiger partial charge >= 0.3 is 5.97 Å². The molecule has 1 aliphatic rings. The zero-order chi connectivity index (χ0) is 14.0. The fourth-order valence-corrected chi connectivity index (χ4v) is 2.65. The van der Waals surface area contributed by atoms with Crippen LogP contribution in [0.15, 0.2) is 16.5 Å². The first-order chi connectivity index (χ1) is 9.05. The molecule has 0 spiro atoms. The van der Waals surface area contributed by atoms with Crippen molar-refractivity contribution in [2.24, 2.45) is 5.73 Å². The van der Waals surface area contributed by atoms with Crippen LogP contribution in [-0.4, -0.2) is 34.0 Å². The summed E-state index contributed by atoms with van der Waals surface area (Å²) < 4.78 is 5.32. The maximum atomic E-state index is 12.4. The van der Waals surface area contributed by atoms with Crippen molar-refractivity contribution in [2.75, 3.05) is 6.54 Å². The molecule has 1 aliphatic heterocycles. The summed E-state index contributed by atoms with van der Waals surface area (Å²) in [5.74, 6) is -0.658. The predicted octanol–water partition coefficient (Wildman–Crippen LogP) is 1.21. The predicted molar refractivity (Wildman–Crippen MR) is 67.5 cm³/mol. The molecule has 0 aromatic carbocycles. The van der Waals surface area contributed by atoms with Gasteiger partial charge in [0.25, 0.3) is 5.91 Å². The summed E-state index contributed by atoms with van der Waals surface area (Å²) in [5, 5.41) is 9.44. The van der Waals surface area contributed by atoms with Crippen molar-refractivity contribution in [3.8, 4) is 0 Å². The summed E-state index contributed by atoms with van der Waals surface area (Å²) in [6.45, 7) is 2.44. The molecule has 2 rings (SSSR count). The Hall–Kier alpha value is -1.82. The molecule has 19 heavy (non-hydrogen) atoms. The molecule has 1 aromatic heterocycles. The Morgan fingerprint density at radius 1 is 1.53 bits per heavy atom. The van der Waals surface area contributed by atoms with Gasteiger partial charge in [0, 0.05) is 6.54 Å². The van der Waals surface area contributed by atoms with E-state index in [1.165, 1.54) is 4.90 Å². The van der Waals surface area contributed by atoms with Crippen molar-refractivity contribution in [3.05, 3.63) is 23.7 Å². The van der Waals surface area contributed by atoms with Gasteiger partial charge in [0.2, 0.25) is 0 Å². The van der Waals surface area contributed by atoms with Gasteiger partial charge in [0.15, 0.2) is 5.76 Å². The number of aliphatic carboxylic acids is 1. The van der Waals surface area contributed by atoms with Crippen LogP contribution in [0.5, 0.6) is 0 Å². The Morgan fingerprint density at radius 2 is 2.26 bits per heavy atom. The number of likely N-dealkylation sites (tertiary alicyclic amines) is 1. The number of hydrogen-bond donors (Lipinski definition) is 2. The number of hydrogen-bond acceptors (Lipinski definition) is 4. The third kappa shape index (κ3) is 2.12. The Kier molecular flexibility index (Phi) is 3.61. The Balaban J connectivity index is 2.29. The SMILES string of the molecule is CCC1(C(=O)O)CCCN1C(=O)c1ccc(CN)o1. The highest BCUT2D eigenvalue weighted by molar-refractivity contribution is 5.96. The first-order valence-corrected chi connectivity index (χ1v) is 6.39. The molecule has 0 aliphatic carbocycles. The van der Waals surface area contributed by atoms with E-state index < -0.39 is 11.5 Å². The lowest BCUT2D eigenvalue weighted by atomic mass is 9.93. The molecule has 0 saturated carbocycles. The number of carboxylic acid groups (broad SMARTS) is 1. The molecule has 6 heteroatoms. The van der Waals surface area contributed by atoms with E-state index in [0.717, 1.165) is 0 Å². The van der Waals surface area contributed by atoms with Crippen LogP contribution in [0.3, 0.4) is 0 Å². The summed E-state index contributed by atoms with van der Waals surface area (Å²) >= 11 is 0. The Bertz CT molecular complexity index is 497. The zero-order valence-corrected chi connectivity index (χ0v) is 10.9. The lowest BCUT2D eigenvalue weighted by molar-refractivity contribution is -0.148. The van der Waals surface area contributed by atoms with Gasteiger partial charge in [0.05, 0.1) is 6.54 Å². The van der Waals surface area contributed by atoms with E-state index in [1.807, 2.05) is 0 Å². The summed E-state index contributed by atoms with van der Waals surface area (Å²) in [6, 6.07) is 3.18. The third-order valence-corrected chi connectivity index (χ3v) is 3.79. The number of furan rings is 1. The van der Waals surface area contributed by atoms with E-state index in [0.29, 0.717) is 31.6 Å². The molecule has 3 N–H and O–H groups in total. The Morgan fingerprint density at radius 3 is 2.79 bits per heavy atom. The standard InChI is InChI=1S/C13H18N2O4/c1-2-13(12(17)18)6-3-7-15(13)11(16)10-5-4-9(8-14)19-10/h4-5H,2-3,6-8,14H2,1H3,(H,17,18). The zero-order valence-electron chi connectivity index (χ0n) is 10.9. The quantitative estimate of drug-likeness (QED) is 0.853. The minimum atomic E-state index is -1.10. The number of nitrogens with two attached hydrogens (primary N) is 1. The minimum absolute atomic E-state index is 0.154.